The number of aryl methyl sites for hydroxylation is 1. The van der Waals surface area contributed by atoms with E-state index in [1.807, 2.05) is 4.90 Å². The van der Waals surface area contributed by atoms with Crippen LogP contribution in [-0.4, -0.2) is 12.5 Å². The van der Waals surface area contributed by atoms with Crippen LogP contribution in [0.15, 0.2) is 54.6 Å². The molecule has 0 saturated carbocycles. The summed E-state index contributed by atoms with van der Waals surface area (Å²) in [5.74, 6) is 0.965. The largest absolute Gasteiger partial charge is 0.492 e. The average Bonchev–Trinajstić information content (AvgIpc) is 3.14. The maximum atomic E-state index is 12.9. The van der Waals surface area contributed by atoms with Crippen molar-refractivity contribution in [1.82, 2.24) is 0 Å². The van der Waals surface area contributed by atoms with Crippen molar-refractivity contribution in [2.75, 3.05) is 11.5 Å². The van der Waals surface area contributed by atoms with Crippen molar-refractivity contribution >= 4 is 17.3 Å². The number of benzene rings is 3. The first-order valence-electron chi connectivity index (χ1n) is 10.9. The minimum absolute atomic E-state index is 0.00402. The van der Waals surface area contributed by atoms with E-state index in [4.69, 9.17) is 4.74 Å². The molecule has 0 radical (unpaired) electrons. The van der Waals surface area contributed by atoms with Crippen molar-refractivity contribution in [2.45, 2.75) is 52.4 Å². The Morgan fingerprint density at radius 1 is 0.871 bits per heavy atom. The maximum absolute atomic E-state index is 12.9. The molecule has 3 aromatic carbocycles. The minimum Gasteiger partial charge on any atom is -0.492 e. The van der Waals surface area contributed by atoms with Crippen molar-refractivity contribution in [3.05, 3.63) is 76.9 Å². The molecule has 158 valence electrons. The van der Waals surface area contributed by atoms with E-state index in [2.05, 4.69) is 89.2 Å². The van der Waals surface area contributed by atoms with E-state index in [1.165, 1.54) is 27.8 Å². The number of anilines is 2. The number of nitrogens with zero attached hydrogens (tertiary/aromatic N) is 1. The number of ether oxygens (including phenoxy) is 1. The van der Waals surface area contributed by atoms with E-state index in [0.29, 0.717) is 6.61 Å². The molecule has 0 atom stereocenters. The predicted molar refractivity (Wildman–Crippen MR) is 127 cm³/mol. The van der Waals surface area contributed by atoms with Gasteiger partial charge in [0.15, 0.2) is 0 Å². The number of amides is 1. The van der Waals surface area contributed by atoms with Crippen LogP contribution in [0.1, 0.15) is 56.9 Å². The van der Waals surface area contributed by atoms with Crippen LogP contribution >= 0.6 is 0 Å². The lowest BCUT2D eigenvalue weighted by atomic mass is 9.82. The fourth-order valence-electron chi connectivity index (χ4n) is 5.25. The van der Waals surface area contributed by atoms with Gasteiger partial charge in [0.1, 0.15) is 5.75 Å². The quantitative estimate of drug-likeness (QED) is 0.472. The smallest absolute Gasteiger partial charge is 0.228 e. The van der Waals surface area contributed by atoms with E-state index in [0.717, 1.165) is 22.7 Å². The highest BCUT2D eigenvalue weighted by atomic mass is 16.5. The Hall–Kier alpha value is -3.07. The number of rotatable bonds is 2. The molecular weight excluding hydrogens is 382 g/mol. The molecule has 0 N–H and O–H groups in total. The molecule has 0 saturated heterocycles. The second-order valence-electron chi connectivity index (χ2n) is 10.1. The predicted octanol–water partition coefficient (Wildman–Crippen LogP) is 6.66. The van der Waals surface area contributed by atoms with Gasteiger partial charge >= 0.3 is 0 Å². The summed E-state index contributed by atoms with van der Waals surface area (Å²) < 4.78 is 5.97. The van der Waals surface area contributed by atoms with Crippen molar-refractivity contribution < 1.29 is 9.53 Å². The molecule has 1 heterocycles. The van der Waals surface area contributed by atoms with Crippen molar-refractivity contribution in [3.8, 4) is 16.9 Å². The standard InChI is InChI=1S/C28H29NO2/c1-17-13-20(15-25-26(17)31-16-27(25,3)4)29(18(2)30)19-11-12-22-21-9-7-8-10-23(21)28(5,6)24(22)14-19/h7-15H,16H2,1-6H3. The maximum Gasteiger partial charge on any atom is 0.228 e. The zero-order valence-electron chi connectivity index (χ0n) is 19.2. The van der Waals surface area contributed by atoms with Crippen molar-refractivity contribution in [2.24, 2.45) is 0 Å². The highest BCUT2D eigenvalue weighted by Crippen LogP contribution is 2.50. The van der Waals surface area contributed by atoms with Gasteiger partial charge in [-0.2, -0.15) is 0 Å². The molecular formula is C28H29NO2. The molecule has 0 spiro atoms. The Morgan fingerprint density at radius 3 is 2.29 bits per heavy atom. The van der Waals surface area contributed by atoms with Gasteiger partial charge in [-0.1, -0.05) is 58.0 Å². The molecule has 1 aliphatic carbocycles. The molecule has 31 heavy (non-hydrogen) atoms. The van der Waals surface area contributed by atoms with Gasteiger partial charge in [-0.15, -0.1) is 0 Å². The number of carbonyl (C=O) groups excluding carboxylic acids is 1. The normalized spacial score (nSPS) is 16.8. The van der Waals surface area contributed by atoms with Crippen molar-refractivity contribution in [1.29, 1.82) is 0 Å². The number of carbonyl (C=O) groups is 1. The Morgan fingerprint density at radius 2 is 1.55 bits per heavy atom. The molecule has 0 unspecified atom stereocenters. The Bertz CT molecular complexity index is 1240. The minimum atomic E-state index is -0.103. The third kappa shape index (κ3) is 2.83. The topological polar surface area (TPSA) is 29.5 Å². The highest BCUT2D eigenvalue weighted by molar-refractivity contribution is 6.00. The zero-order valence-corrected chi connectivity index (χ0v) is 19.2. The summed E-state index contributed by atoms with van der Waals surface area (Å²) in [4.78, 5) is 14.7. The van der Waals surface area contributed by atoms with Crippen LogP contribution in [0.5, 0.6) is 5.75 Å². The van der Waals surface area contributed by atoms with Gasteiger partial charge in [-0.25, -0.2) is 0 Å². The molecule has 2 aliphatic rings. The summed E-state index contributed by atoms with van der Waals surface area (Å²) in [5.41, 5.74) is 9.01. The molecule has 1 amide bonds. The molecule has 0 fully saturated rings. The van der Waals surface area contributed by atoms with Crippen molar-refractivity contribution in [3.63, 3.8) is 0 Å². The monoisotopic (exact) mass is 411 g/mol. The number of hydrogen-bond donors (Lipinski definition) is 0. The van der Waals surface area contributed by atoms with Gasteiger partial charge in [0, 0.05) is 34.7 Å². The van der Waals surface area contributed by atoms with Gasteiger partial charge in [0.25, 0.3) is 0 Å². The van der Waals surface area contributed by atoms with E-state index in [9.17, 15) is 4.79 Å². The lowest BCUT2D eigenvalue weighted by Crippen LogP contribution is -2.24. The Labute approximate surface area is 184 Å². The van der Waals surface area contributed by atoms with E-state index in [1.54, 1.807) is 6.92 Å². The van der Waals surface area contributed by atoms with Gasteiger partial charge in [-0.05, 0) is 59.0 Å². The summed E-state index contributed by atoms with van der Waals surface area (Å²) in [6.45, 7) is 13.3. The summed E-state index contributed by atoms with van der Waals surface area (Å²) in [5, 5.41) is 0. The molecule has 0 bridgehead atoms. The van der Waals surface area contributed by atoms with E-state index >= 15 is 0 Å². The summed E-state index contributed by atoms with van der Waals surface area (Å²) in [7, 11) is 0. The summed E-state index contributed by atoms with van der Waals surface area (Å²) >= 11 is 0. The Kier molecular flexibility index (Phi) is 4.14. The molecule has 5 rings (SSSR count). The fourth-order valence-corrected chi connectivity index (χ4v) is 5.25. The molecule has 3 heteroatoms. The zero-order chi connectivity index (χ0) is 22.1. The fraction of sp³-hybridized carbons (Fsp3) is 0.321. The van der Waals surface area contributed by atoms with Crippen LogP contribution < -0.4 is 9.64 Å². The second kappa shape index (κ2) is 6.46. The van der Waals surface area contributed by atoms with Gasteiger partial charge < -0.3 is 4.74 Å². The third-order valence-corrected chi connectivity index (χ3v) is 6.96. The summed E-state index contributed by atoms with van der Waals surface area (Å²) in [6.07, 6.45) is 0. The lowest BCUT2D eigenvalue weighted by molar-refractivity contribution is -0.115. The van der Waals surface area contributed by atoms with Gasteiger partial charge in [0.2, 0.25) is 5.91 Å². The first-order chi connectivity index (χ1) is 14.6. The SMILES string of the molecule is CC(=O)N(c1cc(C)c2c(c1)C(C)(C)CO2)c1ccc2c(c1)C(C)(C)c1ccccc1-2. The highest BCUT2D eigenvalue weighted by Gasteiger charge is 2.37. The molecule has 0 aromatic heterocycles. The first-order valence-corrected chi connectivity index (χ1v) is 10.9. The van der Waals surface area contributed by atoms with Crippen LogP contribution in [0.25, 0.3) is 11.1 Å². The van der Waals surface area contributed by atoms with Gasteiger partial charge in [0.05, 0.1) is 6.61 Å². The average molecular weight is 412 g/mol. The molecule has 1 aliphatic heterocycles. The van der Waals surface area contributed by atoms with Crippen LogP contribution in [0.4, 0.5) is 11.4 Å². The first kappa shape index (κ1) is 19.9. The Balaban J connectivity index is 1.66. The van der Waals surface area contributed by atoms with Crippen LogP contribution in [-0.2, 0) is 15.6 Å². The van der Waals surface area contributed by atoms with E-state index in [-0.39, 0.29) is 16.7 Å². The molecule has 3 aromatic rings. The van der Waals surface area contributed by atoms with Crippen LogP contribution in [0.3, 0.4) is 0 Å². The summed E-state index contributed by atoms with van der Waals surface area (Å²) in [6, 6.07) is 19.2. The van der Waals surface area contributed by atoms with Gasteiger partial charge in [-0.3, -0.25) is 9.69 Å². The van der Waals surface area contributed by atoms with Crippen LogP contribution in [0.2, 0.25) is 0 Å². The van der Waals surface area contributed by atoms with E-state index < -0.39 is 0 Å². The lowest BCUT2D eigenvalue weighted by Gasteiger charge is -2.27. The second-order valence-corrected chi connectivity index (χ2v) is 10.1. The number of hydrogen-bond acceptors (Lipinski definition) is 2. The number of fused-ring (bicyclic) bond motifs is 4. The molecule has 3 nitrogen and oxygen atoms in total. The third-order valence-electron chi connectivity index (χ3n) is 6.96. The van der Waals surface area contributed by atoms with Crippen LogP contribution in [0, 0.1) is 6.92 Å².